The second kappa shape index (κ2) is 5.87. The number of carbonyl (C=O) groups excluding carboxylic acids is 1. The van der Waals surface area contributed by atoms with Crippen LogP contribution >= 0.6 is 0 Å². The van der Waals surface area contributed by atoms with Crippen LogP contribution in [0.25, 0.3) is 0 Å². The third-order valence-electron chi connectivity index (χ3n) is 3.33. The average Bonchev–Trinajstić information content (AvgIpc) is 2.37. The van der Waals surface area contributed by atoms with Crippen LogP contribution in [0.4, 0.5) is 5.69 Å². The number of anilines is 1. The second-order valence-corrected chi connectivity index (χ2v) is 4.74. The minimum absolute atomic E-state index is 0.273. The highest BCUT2D eigenvalue weighted by Gasteiger charge is 2.24. The van der Waals surface area contributed by atoms with Gasteiger partial charge in [-0.1, -0.05) is 25.1 Å². The van der Waals surface area contributed by atoms with Gasteiger partial charge in [-0.2, -0.15) is 0 Å². The summed E-state index contributed by atoms with van der Waals surface area (Å²) in [6.45, 7) is 4.37. The Morgan fingerprint density at radius 2 is 2.28 bits per heavy atom. The summed E-state index contributed by atoms with van der Waals surface area (Å²) in [6.07, 6.45) is 2.15. The zero-order valence-electron chi connectivity index (χ0n) is 10.9. The first-order valence-electron chi connectivity index (χ1n) is 6.58. The van der Waals surface area contributed by atoms with Crippen LogP contribution in [0.2, 0.25) is 0 Å². The summed E-state index contributed by atoms with van der Waals surface area (Å²) in [4.78, 5) is 13.2. The number of hydrogen-bond donors (Lipinski definition) is 2. The topological polar surface area (TPSA) is 58.4 Å². The highest BCUT2D eigenvalue weighted by atomic mass is 16.1. The lowest BCUT2D eigenvalue weighted by Crippen LogP contribution is -2.40. The zero-order valence-corrected chi connectivity index (χ0v) is 10.9. The molecule has 1 aromatic rings. The molecule has 0 radical (unpaired) electrons. The molecule has 4 nitrogen and oxygen atoms in total. The minimum Gasteiger partial charge on any atom is -0.368 e. The van der Waals surface area contributed by atoms with E-state index in [0.717, 1.165) is 31.6 Å². The van der Waals surface area contributed by atoms with Crippen molar-refractivity contribution in [1.82, 2.24) is 5.32 Å². The van der Waals surface area contributed by atoms with Crippen molar-refractivity contribution in [1.29, 1.82) is 0 Å². The van der Waals surface area contributed by atoms with E-state index >= 15 is 0 Å². The van der Waals surface area contributed by atoms with Crippen molar-refractivity contribution in [2.75, 3.05) is 24.5 Å². The standard InChI is InChI=1S/C14H21N3O/c1-2-8-16-12-7-9-17(10-14(15)18)13-6-4-3-5-11(12)13/h3-6,12,16H,2,7-10H2,1H3,(H2,15,18). The van der Waals surface area contributed by atoms with Crippen LogP contribution < -0.4 is 16.0 Å². The van der Waals surface area contributed by atoms with Gasteiger partial charge in [-0.25, -0.2) is 0 Å². The van der Waals surface area contributed by atoms with Crippen molar-refractivity contribution in [3.63, 3.8) is 0 Å². The van der Waals surface area contributed by atoms with E-state index in [1.807, 2.05) is 12.1 Å². The summed E-state index contributed by atoms with van der Waals surface area (Å²) in [5, 5.41) is 3.56. The number of hydrogen-bond acceptors (Lipinski definition) is 3. The quantitative estimate of drug-likeness (QED) is 0.827. The monoisotopic (exact) mass is 247 g/mol. The Kier molecular flexibility index (Phi) is 4.20. The third-order valence-corrected chi connectivity index (χ3v) is 3.33. The number of fused-ring (bicyclic) bond motifs is 1. The number of carbonyl (C=O) groups is 1. The SMILES string of the molecule is CCCNC1CCN(CC(N)=O)c2ccccc21. The molecule has 1 aliphatic rings. The number of nitrogens with zero attached hydrogens (tertiary/aromatic N) is 1. The molecule has 1 heterocycles. The van der Waals surface area contributed by atoms with Crippen LogP contribution in [0.3, 0.4) is 0 Å². The van der Waals surface area contributed by atoms with E-state index in [-0.39, 0.29) is 5.91 Å². The van der Waals surface area contributed by atoms with Gasteiger partial charge in [0.2, 0.25) is 5.91 Å². The number of primary amides is 1. The van der Waals surface area contributed by atoms with Crippen LogP contribution in [0.15, 0.2) is 24.3 Å². The van der Waals surface area contributed by atoms with Gasteiger partial charge >= 0.3 is 0 Å². The maximum absolute atomic E-state index is 11.1. The Morgan fingerprint density at radius 3 is 3.00 bits per heavy atom. The van der Waals surface area contributed by atoms with Gasteiger partial charge in [0.1, 0.15) is 0 Å². The summed E-state index contributed by atoms with van der Waals surface area (Å²) in [7, 11) is 0. The number of nitrogens with two attached hydrogens (primary N) is 1. The zero-order chi connectivity index (χ0) is 13.0. The molecule has 1 unspecified atom stereocenters. The van der Waals surface area contributed by atoms with E-state index < -0.39 is 0 Å². The maximum atomic E-state index is 11.1. The van der Waals surface area contributed by atoms with Gasteiger partial charge in [0.05, 0.1) is 6.54 Å². The van der Waals surface area contributed by atoms with E-state index in [1.54, 1.807) is 0 Å². The van der Waals surface area contributed by atoms with Gasteiger partial charge in [0.15, 0.2) is 0 Å². The Bertz CT molecular complexity index is 419. The first-order valence-corrected chi connectivity index (χ1v) is 6.58. The highest BCUT2D eigenvalue weighted by Crippen LogP contribution is 2.33. The van der Waals surface area contributed by atoms with Gasteiger partial charge in [-0.05, 0) is 31.0 Å². The van der Waals surface area contributed by atoms with Crippen molar-refractivity contribution in [3.05, 3.63) is 29.8 Å². The van der Waals surface area contributed by atoms with E-state index in [4.69, 9.17) is 5.73 Å². The Balaban J connectivity index is 2.20. The summed E-state index contributed by atoms with van der Waals surface area (Å²) in [6, 6.07) is 8.65. The largest absolute Gasteiger partial charge is 0.368 e. The first kappa shape index (κ1) is 12.9. The molecule has 1 aromatic carbocycles. The Labute approximate surface area is 108 Å². The number of rotatable bonds is 5. The van der Waals surface area contributed by atoms with Gasteiger partial charge in [0.25, 0.3) is 0 Å². The number of amides is 1. The molecule has 4 heteroatoms. The van der Waals surface area contributed by atoms with Crippen molar-refractivity contribution >= 4 is 11.6 Å². The lowest BCUT2D eigenvalue weighted by Gasteiger charge is -2.35. The van der Waals surface area contributed by atoms with Crippen molar-refractivity contribution < 1.29 is 4.79 Å². The summed E-state index contributed by atoms with van der Waals surface area (Å²) >= 11 is 0. The fourth-order valence-corrected chi connectivity index (χ4v) is 2.51. The van der Waals surface area contributed by atoms with E-state index in [2.05, 4.69) is 29.3 Å². The van der Waals surface area contributed by atoms with Crippen LogP contribution in [-0.4, -0.2) is 25.5 Å². The first-order chi connectivity index (χ1) is 8.72. The van der Waals surface area contributed by atoms with Crippen molar-refractivity contribution in [2.45, 2.75) is 25.8 Å². The molecule has 0 aliphatic carbocycles. The third kappa shape index (κ3) is 2.82. The van der Waals surface area contributed by atoms with Crippen molar-refractivity contribution in [2.24, 2.45) is 5.73 Å². The van der Waals surface area contributed by atoms with E-state index in [0.29, 0.717) is 12.6 Å². The van der Waals surface area contributed by atoms with Gasteiger partial charge in [-0.3, -0.25) is 4.79 Å². The molecule has 1 atom stereocenters. The molecule has 18 heavy (non-hydrogen) atoms. The Morgan fingerprint density at radius 1 is 1.50 bits per heavy atom. The molecule has 0 aromatic heterocycles. The molecule has 0 spiro atoms. The van der Waals surface area contributed by atoms with Gasteiger partial charge in [-0.15, -0.1) is 0 Å². The molecule has 2 rings (SSSR count). The number of benzene rings is 1. The molecule has 3 N–H and O–H groups in total. The van der Waals surface area contributed by atoms with Crippen molar-refractivity contribution in [3.8, 4) is 0 Å². The normalized spacial score (nSPS) is 18.5. The van der Waals surface area contributed by atoms with E-state index in [1.165, 1.54) is 5.56 Å². The average molecular weight is 247 g/mol. The molecule has 0 fully saturated rings. The van der Waals surface area contributed by atoms with E-state index in [9.17, 15) is 4.79 Å². The smallest absolute Gasteiger partial charge is 0.236 e. The lowest BCUT2D eigenvalue weighted by atomic mass is 9.96. The van der Waals surface area contributed by atoms with Crippen LogP contribution in [0.5, 0.6) is 0 Å². The predicted octanol–water partition coefficient (Wildman–Crippen LogP) is 1.42. The van der Waals surface area contributed by atoms with Crippen LogP contribution in [0.1, 0.15) is 31.4 Å². The molecule has 1 amide bonds. The molecule has 98 valence electrons. The molecular formula is C14H21N3O. The highest BCUT2D eigenvalue weighted by molar-refractivity contribution is 5.80. The van der Waals surface area contributed by atoms with Crippen LogP contribution in [0, 0.1) is 0 Å². The fourth-order valence-electron chi connectivity index (χ4n) is 2.51. The molecular weight excluding hydrogens is 226 g/mol. The number of nitrogens with one attached hydrogen (secondary N) is 1. The summed E-state index contributed by atoms with van der Waals surface area (Å²) in [5.41, 5.74) is 7.71. The molecule has 0 saturated heterocycles. The van der Waals surface area contributed by atoms with Gasteiger partial charge in [0, 0.05) is 18.3 Å². The Hall–Kier alpha value is -1.55. The summed E-state index contributed by atoms with van der Waals surface area (Å²) < 4.78 is 0. The summed E-state index contributed by atoms with van der Waals surface area (Å²) in [5.74, 6) is -0.273. The lowest BCUT2D eigenvalue weighted by molar-refractivity contribution is -0.116. The molecule has 0 saturated carbocycles. The van der Waals surface area contributed by atoms with Crippen LogP contribution in [-0.2, 0) is 4.79 Å². The number of para-hydroxylation sites is 1. The second-order valence-electron chi connectivity index (χ2n) is 4.74. The molecule has 0 bridgehead atoms. The maximum Gasteiger partial charge on any atom is 0.236 e. The minimum atomic E-state index is -0.273. The fraction of sp³-hybridized carbons (Fsp3) is 0.500. The predicted molar refractivity (Wildman–Crippen MR) is 73.5 cm³/mol. The molecule has 1 aliphatic heterocycles. The van der Waals surface area contributed by atoms with Gasteiger partial charge < -0.3 is 16.0 Å².